The van der Waals surface area contributed by atoms with E-state index >= 15 is 0 Å². The van der Waals surface area contributed by atoms with Gasteiger partial charge in [-0.1, -0.05) is 37.5 Å². The highest BCUT2D eigenvalue weighted by atomic mass is 79.9. The van der Waals surface area contributed by atoms with Crippen LogP contribution < -0.4 is 10.1 Å². The summed E-state index contributed by atoms with van der Waals surface area (Å²) < 4.78 is 6.42. The van der Waals surface area contributed by atoms with E-state index in [4.69, 9.17) is 4.74 Å². The van der Waals surface area contributed by atoms with Crippen LogP contribution in [0.15, 0.2) is 46.9 Å². The summed E-state index contributed by atoms with van der Waals surface area (Å²) >= 11 is 3.44. The number of benzene rings is 2. The van der Waals surface area contributed by atoms with Crippen molar-refractivity contribution in [2.45, 2.75) is 45.1 Å². The zero-order valence-electron chi connectivity index (χ0n) is 16.9. The number of halogens is 1. The lowest BCUT2D eigenvalue weighted by Crippen LogP contribution is -2.38. The second-order valence-corrected chi connectivity index (χ2v) is 8.38. The van der Waals surface area contributed by atoms with Crippen LogP contribution in [0.2, 0.25) is 0 Å². The Morgan fingerprint density at radius 3 is 2.59 bits per heavy atom. The molecule has 29 heavy (non-hydrogen) atoms. The number of aryl methyl sites for hydroxylation is 1. The molecule has 0 aromatic heterocycles. The van der Waals surface area contributed by atoms with Gasteiger partial charge < -0.3 is 15.0 Å². The molecule has 154 valence electrons. The topological polar surface area (TPSA) is 58.6 Å². The van der Waals surface area contributed by atoms with Gasteiger partial charge in [0.1, 0.15) is 5.75 Å². The summed E-state index contributed by atoms with van der Waals surface area (Å²) in [6.07, 6.45) is 5.63. The highest BCUT2D eigenvalue weighted by molar-refractivity contribution is 9.10. The van der Waals surface area contributed by atoms with Crippen LogP contribution in [0.5, 0.6) is 5.75 Å². The third-order valence-electron chi connectivity index (χ3n) is 5.32. The summed E-state index contributed by atoms with van der Waals surface area (Å²) in [6, 6.07) is 13.1. The predicted molar refractivity (Wildman–Crippen MR) is 118 cm³/mol. The van der Waals surface area contributed by atoms with Gasteiger partial charge in [-0.05, 0) is 65.5 Å². The molecule has 5 nitrogen and oxygen atoms in total. The molecule has 1 aliphatic carbocycles. The van der Waals surface area contributed by atoms with Crippen LogP contribution in [0.25, 0.3) is 0 Å². The minimum absolute atomic E-state index is 0.0602. The minimum atomic E-state index is -0.307. The predicted octanol–water partition coefficient (Wildman–Crippen LogP) is 5.18. The van der Waals surface area contributed by atoms with E-state index in [1.54, 1.807) is 12.1 Å². The maximum atomic E-state index is 13.0. The molecule has 0 aliphatic heterocycles. The molecule has 0 saturated heterocycles. The smallest absolute Gasteiger partial charge is 0.262 e. The fraction of sp³-hybridized carbons (Fsp3) is 0.391. The van der Waals surface area contributed by atoms with Crippen molar-refractivity contribution in [3.8, 4) is 5.75 Å². The molecule has 2 aromatic rings. The van der Waals surface area contributed by atoms with Crippen molar-refractivity contribution in [1.29, 1.82) is 0 Å². The number of hydrogen-bond donors (Lipinski definition) is 1. The quantitative estimate of drug-likeness (QED) is 0.648. The molecule has 0 radical (unpaired) electrons. The van der Waals surface area contributed by atoms with Gasteiger partial charge in [0.2, 0.25) is 0 Å². The molecular weight excluding hydrogens is 432 g/mol. The van der Waals surface area contributed by atoms with Crippen molar-refractivity contribution in [3.05, 3.63) is 58.1 Å². The van der Waals surface area contributed by atoms with Crippen molar-refractivity contribution in [2.24, 2.45) is 0 Å². The van der Waals surface area contributed by atoms with Crippen LogP contribution in [0, 0.1) is 6.92 Å². The molecule has 0 bridgehead atoms. The molecule has 0 heterocycles. The van der Waals surface area contributed by atoms with E-state index in [-0.39, 0.29) is 24.5 Å². The van der Waals surface area contributed by atoms with Gasteiger partial charge in [0.05, 0.1) is 15.7 Å². The van der Waals surface area contributed by atoms with Gasteiger partial charge in [-0.25, -0.2) is 0 Å². The summed E-state index contributed by atoms with van der Waals surface area (Å²) in [5, 5.41) is 2.82. The Hall–Kier alpha value is -2.34. The highest BCUT2D eigenvalue weighted by Crippen LogP contribution is 2.27. The molecule has 2 aromatic carbocycles. The van der Waals surface area contributed by atoms with E-state index in [1.807, 2.05) is 49.2 Å². The number of ether oxygens (including phenoxy) is 1. The van der Waals surface area contributed by atoms with Crippen LogP contribution in [0.3, 0.4) is 0 Å². The lowest BCUT2D eigenvalue weighted by molar-refractivity contribution is -0.118. The fourth-order valence-corrected chi connectivity index (χ4v) is 4.26. The van der Waals surface area contributed by atoms with E-state index in [0.717, 1.165) is 35.7 Å². The van der Waals surface area contributed by atoms with Crippen LogP contribution in [0.4, 0.5) is 5.69 Å². The maximum Gasteiger partial charge on any atom is 0.262 e. The zero-order chi connectivity index (χ0) is 20.8. The third-order valence-corrected chi connectivity index (χ3v) is 5.94. The van der Waals surface area contributed by atoms with E-state index in [1.165, 1.54) is 6.42 Å². The van der Waals surface area contributed by atoms with E-state index in [9.17, 15) is 9.59 Å². The van der Waals surface area contributed by atoms with Gasteiger partial charge >= 0.3 is 0 Å². The van der Waals surface area contributed by atoms with E-state index in [2.05, 4.69) is 21.2 Å². The second-order valence-electron chi connectivity index (χ2n) is 7.52. The standard InChI is InChI=1S/C23H27BrN2O3/c1-16-12-13-21(19(24)14-16)29-15-22(27)25-20-11-7-6-10-18(20)23(28)26(2)17-8-4-3-5-9-17/h6-7,10-14,17H,3-5,8-9,15H2,1-2H3,(H,25,27). The number of carbonyl (C=O) groups excluding carboxylic acids is 2. The van der Waals surface area contributed by atoms with Crippen molar-refractivity contribution < 1.29 is 14.3 Å². The molecule has 0 atom stereocenters. The van der Waals surface area contributed by atoms with E-state index in [0.29, 0.717) is 17.0 Å². The Morgan fingerprint density at radius 2 is 1.86 bits per heavy atom. The first-order valence-electron chi connectivity index (χ1n) is 10.0. The molecule has 1 fully saturated rings. The normalized spacial score (nSPS) is 14.3. The van der Waals surface area contributed by atoms with Crippen molar-refractivity contribution in [3.63, 3.8) is 0 Å². The Kier molecular flexibility index (Phi) is 7.31. The number of nitrogens with zero attached hydrogens (tertiary/aromatic N) is 1. The Balaban J connectivity index is 1.65. The summed E-state index contributed by atoms with van der Waals surface area (Å²) in [5.41, 5.74) is 2.12. The number of carbonyl (C=O) groups is 2. The van der Waals surface area contributed by atoms with Crippen LogP contribution >= 0.6 is 15.9 Å². The molecule has 1 N–H and O–H groups in total. The molecule has 2 amide bonds. The van der Waals surface area contributed by atoms with Gasteiger partial charge in [-0.2, -0.15) is 0 Å². The molecule has 6 heteroatoms. The third kappa shape index (κ3) is 5.60. The number of para-hydroxylation sites is 1. The van der Waals surface area contributed by atoms with Crippen LogP contribution in [0.1, 0.15) is 48.0 Å². The minimum Gasteiger partial charge on any atom is -0.483 e. The number of amides is 2. The number of rotatable bonds is 6. The van der Waals surface area contributed by atoms with Gasteiger partial charge in [0.15, 0.2) is 6.61 Å². The summed E-state index contributed by atoms with van der Waals surface area (Å²) in [7, 11) is 1.86. The number of hydrogen-bond acceptors (Lipinski definition) is 3. The maximum absolute atomic E-state index is 13.0. The Morgan fingerprint density at radius 1 is 1.14 bits per heavy atom. The first kappa shape index (κ1) is 21.4. The molecular formula is C23H27BrN2O3. The average molecular weight is 459 g/mol. The van der Waals surface area contributed by atoms with Gasteiger partial charge in [-0.15, -0.1) is 0 Å². The summed E-state index contributed by atoms with van der Waals surface area (Å²) in [4.78, 5) is 27.3. The zero-order valence-corrected chi connectivity index (χ0v) is 18.5. The largest absolute Gasteiger partial charge is 0.483 e. The Labute approximate surface area is 180 Å². The van der Waals surface area contributed by atoms with Crippen molar-refractivity contribution >= 4 is 33.4 Å². The summed E-state index contributed by atoms with van der Waals surface area (Å²) in [6.45, 7) is 1.85. The first-order chi connectivity index (χ1) is 14.0. The molecule has 0 spiro atoms. The first-order valence-corrected chi connectivity index (χ1v) is 10.8. The van der Waals surface area contributed by atoms with E-state index < -0.39 is 0 Å². The lowest BCUT2D eigenvalue weighted by Gasteiger charge is -2.31. The SMILES string of the molecule is Cc1ccc(OCC(=O)Nc2ccccc2C(=O)N(C)C2CCCCC2)c(Br)c1. The highest BCUT2D eigenvalue weighted by Gasteiger charge is 2.24. The monoisotopic (exact) mass is 458 g/mol. The lowest BCUT2D eigenvalue weighted by atomic mass is 9.94. The fourth-order valence-electron chi connectivity index (χ4n) is 3.66. The number of anilines is 1. The van der Waals surface area contributed by atoms with Gasteiger partial charge in [0, 0.05) is 13.1 Å². The number of nitrogens with one attached hydrogen (secondary N) is 1. The molecule has 0 unspecified atom stereocenters. The summed E-state index contributed by atoms with van der Waals surface area (Å²) in [5.74, 6) is 0.236. The van der Waals surface area contributed by atoms with Crippen molar-refractivity contribution in [2.75, 3.05) is 19.0 Å². The van der Waals surface area contributed by atoms with Crippen LogP contribution in [-0.2, 0) is 4.79 Å². The second kappa shape index (κ2) is 9.92. The molecule has 3 rings (SSSR count). The molecule has 1 aliphatic rings. The average Bonchev–Trinajstić information content (AvgIpc) is 2.73. The van der Waals surface area contributed by atoms with Crippen molar-refractivity contribution in [1.82, 2.24) is 4.90 Å². The van der Waals surface area contributed by atoms with Gasteiger partial charge in [0.25, 0.3) is 11.8 Å². The molecule has 1 saturated carbocycles. The van der Waals surface area contributed by atoms with Crippen LogP contribution in [-0.4, -0.2) is 36.4 Å². The Bertz CT molecular complexity index is 878. The van der Waals surface area contributed by atoms with Gasteiger partial charge in [-0.3, -0.25) is 9.59 Å².